The Morgan fingerprint density at radius 1 is 1.30 bits per heavy atom. The zero-order chi connectivity index (χ0) is 16.2. The number of carbonyl (C=O) groups is 1. The third kappa shape index (κ3) is 4.50. The Kier molecular flexibility index (Phi) is 4.89. The standard InChI is InChI=1S/C19H25NO3/c1-23-18-11-15(6-9-17(18)21)12-19(22)20-16-7-4-14(5-8-16)10-13-2-3-13/h6,9-11,14,16,21H,2-5,7-8,12H2,1H3,(H,20,22)/t14-,16-. The molecule has 0 atom stereocenters. The van der Waals surface area contributed by atoms with E-state index in [1.807, 2.05) is 0 Å². The van der Waals surface area contributed by atoms with E-state index in [1.165, 1.54) is 32.8 Å². The summed E-state index contributed by atoms with van der Waals surface area (Å²) in [5.41, 5.74) is 2.48. The SMILES string of the molecule is COc1cc(CC(=O)N[C@H]2CC[C@H](C=C3CC3)CC2)ccc1O. The predicted molar refractivity (Wildman–Crippen MR) is 89.6 cm³/mol. The molecule has 23 heavy (non-hydrogen) atoms. The lowest BCUT2D eigenvalue weighted by Gasteiger charge is -2.27. The molecule has 0 aliphatic heterocycles. The zero-order valence-corrected chi connectivity index (χ0v) is 13.7. The predicted octanol–water partition coefficient (Wildman–Crippen LogP) is 3.34. The van der Waals surface area contributed by atoms with E-state index < -0.39 is 0 Å². The first-order valence-corrected chi connectivity index (χ1v) is 8.49. The van der Waals surface area contributed by atoms with Crippen LogP contribution in [0.25, 0.3) is 0 Å². The lowest BCUT2D eigenvalue weighted by atomic mass is 9.85. The second kappa shape index (κ2) is 7.07. The molecule has 4 nitrogen and oxygen atoms in total. The molecule has 3 rings (SSSR count). The van der Waals surface area contributed by atoms with Gasteiger partial charge >= 0.3 is 0 Å². The number of ether oxygens (including phenoxy) is 1. The Bertz CT molecular complexity index is 595. The van der Waals surface area contributed by atoms with Crippen molar-refractivity contribution in [3.63, 3.8) is 0 Å². The number of carbonyl (C=O) groups excluding carboxylic acids is 1. The van der Waals surface area contributed by atoms with Crippen LogP contribution in [0.3, 0.4) is 0 Å². The van der Waals surface area contributed by atoms with Gasteiger partial charge in [0.1, 0.15) is 0 Å². The maximum absolute atomic E-state index is 12.2. The molecule has 124 valence electrons. The molecule has 2 fully saturated rings. The second-order valence-corrected chi connectivity index (χ2v) is 6.69. The number of hydrogen-bond donors (Lipinski definition) is 2. The first-order valence-electron chi connectivity index (χ1n) is 8.49. The molecule has 1 aromatic rings. The highest BCUT2D eigenvalue weighted by molar-refractivity contribution is 5.79. The number of amides is 1. The molecule has 0 spiro atoms. The van der Waals surface area contributed by atoms with Gasteiger partial charge in [-0.05, 0) is 62.1 Å². The maximum atomic E-state index is 12.2. The van der Waals surface area contributed by atoms with Gasteiger partial charge in [0.15, 0.2) is 11.5 Å². The van der Waals surface area contributed by atoms with Crippen molar-refractivity contribution >= 4 is 5.91 Å². The molecule has 1 aromatic carbocycles. The Morgan fingerprint density at radius 3 is 2.70 bits per heavy atom. The van der Waals surface area contributed by atoms with Gasteiger partial charge in [0.05, 0.1) is 13.5 Å². The van der Waals surface area contributed by atoms with E-state index in [0.29, 0.717) is 18.2 Å². The van der Waals surface area contributed by atoms with Gasteiger partial charge in [-0.3, -0.25) is 4.79 Å². The van der Waals surface area contributed by atoms with E-state index in [9.17, 15) is 9.90 Å². The fraction of sp³-hybridized carbons (Fsp3) is 0.526. The highest BCUT2D eigenvalue weighted by Gasteiger charge is 2.23. The number of rotatable bonds is 5. The van der Waals surface area contributed by atoms with Crippen molar-refractivity contribution in [2.24, 2.45) is 5.92 Å². The molecule has 0 saturated heterocycles. The number of hydrogen-bond acceptors (Lipinski definition) is 3. The third-order valence-corrected chi connectivity index (χ3v) is 4.76. The van der Waals surface area contributed by atoms with E-state index in [0.717, 1.165) is 24.3 Å². The zero-order valence-electron chi connectivity index (χ0n) is 13.7. The Morgan fingerprint density at radius 2 is 2.04 bits per heavy atom. The van der Waals surface area contributed by atoms with Crippen LogP contribution in [0.15, 0.2) is 29.8 Å². The lowest BCUT2D eigenvalue weighted by Crippen LogP contribution is -2.38. The van der Waals surface area contributed by atoms with Gasteiger partial charge in [-0.25, -0.2) is 0 Å². The lowest BCUT2D eigenvalue weighted by molar-refractivity contribution is -0.121. The van der Waals surface area contributed by atoms with Gasteiger partial charge in [-0.1, -0.05) is 17.7 Å². The average molecular weight is 315 g/mol. The van der Waals surface area contributed by atoms with Crippen LogP contribution in [0.1, 0.15) is 44.1 Å². The van der Waals surface area contributed by atoms with Gasteiger partial charge in [0, 0.05) is 6.04 Å². The van der Waals surface area contributed by atoms with Crippen LogP contribution in [0, 0.1) is 5.92 Å². The summed E-state index contributed by atoms with van der Waals surface area (Å²) in [5.74, 6) is 1.27. The van der Waals surface area contributed by atoms with Crippen molar-refractivity contribution in [3.8, 4) is 11.5 Å². The number of benzene rings is 1. The van der Waals surface area contributed by atoms with Crippen LogP contribution in [0.2, 0.25) is 0 Å². The van der Waals surface area contributed by atoms with E-state index >= 15 is 0 Å². The molecule has 0 radical (unpaired) electrons. The van der Waals surface area contributed by atoms with Crippen LogP contribution in [0.4, 0.5) is 0 Å². The van der Waals surface area contributed by atoms with Gasteiger partial charge < -0.3 is 15.2 Å². The molecule has 2 N–H and O–H groups in total. The fourth-order valence-electron chi connectivity index (χ4n) is 3.30. The monoisotopic (exact) mass is 315 g/mol. The van der Waals surface area contributed by atoms with Crippen LogP contribution in [-0.2, 0) is 11.2 Å². The van der Waals surface area contributed by atoms with Gasteiger partial charge in [-0.2, -0.15) is 0 Å². The average Bonchev–Trinajstić information content (AvgIpc) is 3.35. The molecule has 2 saturated carbocycles. The number of methoxy groups -OCH3 is 1. The number of nitrogens with one attached hydrogen (secondary N) is 1. The number of phenolic OH excluding ortho intramolecular Hbond substituents is 1. The van der Waals surface area contributed by atoms with E-state index in [-0.39, 0.29) is 11.7 Å². The van der Waals surface area contributed by atoms with Crippen molar-refractivity contribution < 1.29 is 14.6 Å². The van der Waals surface area contributed by atoms with E-state index in [2.05, 4.69) is 11.4 Å². The Labute approximate surface area is 137 Å². The molecule has 2 aliphatic carbocycles. The van der Waals surface area contributed by atoms with E-state index in [1.54, 1.807) is 23.8 Å². The molecule has 1 amide bonds. The third-order valence-electron chi connectivity index (χ3n) is 4.76. The Hall–Kier alpha value is -1.97. The smallest absolute Gasteiger partial charge is 0.224 e. The van der Waals surface area contributed by atoms with Gasteiger partial charge in [0.25, 0.3) is 0 Å². The number of phenols is 1. The summed E-state index contributed by atoms with van der Waals surface area (Å²) in [6.45, 7) is 0. The van der Waals surface area contributed by atoms with Gasteiger partial charge in [-0.15, -0.1) is 0 Å². The van der Waals surface area contributed by atoms with Crippen molar-refractivity contribution in [3.05, 3.63) is 35.4 Å². The van der Waals surface area contributed by atoms with Crippen LogP contribution in [-0.4, -0.2) is 24.2 Å². The molecule has 0 heterocycles. The van der Waals surface area contributed by atoms with Crippen molar-refractivity contribution in [2.75, 3.05) is 7.11 Å². The molecule has 0 bridgehead atoms. The molecular formula is C19H25NO3. The summed E-state index contributed by atoms with van der Waals surface area (Å²) in [6.07, 6.45) is 9.88. The molecule has 0 unspecified atom stereocenters. The van der Waals surface area contributed by atoms with Crippen molar-refractivity contribution in [1.82, 2.24) is 5.32 Å². The fourth-order valence-corrected chi connectivity index (χ4v) is 3.30. The molecule has 2 aliphatic rings. The normalized spacial score (nSPS) is 23.3. The highest BCUT2D eigenvalue weighted by Crippen LogP contribution is 2.34. The van der Waals surface area contributed by atoms with Crippen molar-refractivity contribution in [1.29, 1.82) is 0 Å². The molecular weight excluding hydrogens is 290 g/mol. The summed E-state index contributed by atoms with van der Waals surface area (Å²) in [5, 5.41) is 12.7. The van der Waals surface area contributed by atoms with Crippen molar-refractivity contribution in [2.45, 2.75) is 51.0 Å². The van der Waals surface area contributed by atoms with Crippen LogP contribution < -0.4 is 10.1 Å². The quantitative estimate of drug-likeness (QED) is 0.819. The summed E-state index contributed by atoms with van der Waals surface area (Å²) >= 11 is 0. The summed E-state index contributed by atoms with van der Waals surface area (Å²) < 4.78 is 5.08. The maximum Gasteiger partial charge on any atom is 0.224 e. The van der Waals surface area contributed by atoms with E-state index in [4.69, 9.17) is 4.74 Å². The Balaban J connectivity index is 1.47. The summed E-state index contributed by atoms with van der Waals surface area (Å²) in [6, 6.07) is 5.34. The topological polar surface area (TPSA) is 58.6 Å². The minimum Gasteiger partial charge on any atom is -0.504 e. The van der Waals surface area contributed by atoms with Crippen LogP contribution in [0.5, 0.6) is 11.5 Å². The first kappa shape index (κ1) is 15.9. The first-order chi connectivity index (χ1) is 11.1. The molecule has 4 heteroatoms. The largest absolute Gasteiger partial charge is 0.504 e. The highest BCUT2D eigenvalue weighted by atomic mass is 16.5. The molecule has 0 aromatic heterocycles. The number of allylic oxidation sites excluding steroid dienone is 2. The van der Waals surface area contributed by atoms with Crippen LogP contribution >= 0.6 is 0 Å². The minimum atomic E-state index is 0.0433. The van der Waals surface area contributed by atoms with Gasteiger partial charge in [0.2, 0.25) is 5.91 Å². The summed E-state index contributed by atoms with van der Waals surface area (Å²) in [7, 11) is 1.51. The minimum absolute atomic E-state index is 0.0433. The summed E-state index contributed by atoms with van der Waals surface area (Å²) in [4.78, 5) is 12.2. The number of aromatic hydroxyl groups is 1. The second-order valence-electron chi connectivity index (χ2n) is 6.69.